The highest BCUT2D eigenvalue weighted by Gasteiger charge is 2.63. The van der Waals surface area contributed by atoms with Gasteiger partial charge in [0.05, 0.1) is 72.7 Å². The van der Waals surface area contributed by atoms with Crippen LogP contribution < -0.4 is 0 Å². The van der Waals surface area contributed by atoms with Gasteiger partial charge in [0.1, 0.15) is 56.3 Å². The molecule has 1 aliphatic carbocycles. The number of phosphoric acid groups is 4. The molecule has 8 atom stereocenters. The second-order valence-corrected chi connectivity index (χ2v) is 34.4. The van der Waals surface area contributed by atoms with E-state index in [-0.39, 0.29) is 26.4 Å². The zero-order valence-corrected chi connectivity index (χ0v) is 70.0. The zero-order valence-electron chi connectivity index (χ0n) is 66.4. The van der Waals surface area contributed by atoms with Gasteiger partial charge in [-0.25, -0.2) is 18.3 Å². The van der Waals surface area contributed by atoms with E-state index in [0.717, 1.165) is 88.2 Å². The molecule has 10 rings (SSSR count). The Kier molecular flexibility index (Phi) is 40.7. The third-order valence-corrected chi connectivity index (χ3v) is 24.3. The largest absolute Gasteiger partial charge is 0.475 e. The first-order chi connectivity index (χ1) is 56.9. The lowest BCUT2D eigenvalue weighted by Crippen LogP contribution is -2.67. The maximum atomic E-state index is 17.1. The molecule has 0 radical (unpaired) electrons. The highest BCUT2D eigenvalue weighted by Crippen LogP contribution is 2.63. The van der Waals surface area contributed by atoms with Gasteiger partial charge in [-0.3, -0.25) is 54.3 Å². The molecule has 0 bridgehead atoms. The van der Waals surface area contributed by atoms with Crippen molar-refractivity contribution in [2.45, 2.75) is 193 Å². The molecule has 1 fully saturated rings. The fourth-order valence-corrected chi connectivity index (χ4v) is 17.9. The minimum absolute atomic E-state index is 0.0357. The van der Waals surface area contributed by atoms with Crippen molar-refractivity contribution in [1.82, 2.24) is 0 Å². The summed E-state index contributed by atoms with van der Waals surface area (Å²) >= 11 is 0. The summed E-state index contributed by atoms with van der Waals surface area (Å²) < 4.78 is 189. The third kappa shape index (κ3) is 33.4. The molecule has 624 valence electrons. The van der Waals surface area contributed by atoms with Gasteiger partial charge in [-0.1, -0.05) is 351 Å². The summed E-state index contributed by atoms with van der Waals surface area (Å²) in [4.78, 5) is 0. The first-order valence-corrected chi connectivity index (χ1v) is 45.9. The number of unbranched alkanes of at least 4 members (excludes halogenated alkanes) is 10. The number of rotatable bonds is 59. The van der Waals surface area contributed by atoms with Crippen molar-refractivity contribution >= 4 is 31.3 Å². The van der Waals surface area contributed by atoms with E-state index in [1.54, 1.807) is 170 Å². The van der Waals surface area contributed by atoms with Crippen molar-refractivity contribution in [2.75, 3.05) is 40.0 Å². The summed E-state index contributed by atoms with van der Waals surface area (Å²) in [6, 6.07) is 80.8. The van der Waals surface area contributed by atoms with Gasteiger partial charge in [0.2, 0.25) is 0 Å². The number of benzene rings is 9. The van der Waals surface area contributed by atoms with Gasteiger partial charge in [-0.05, 0) is 62.9 Å². The van der Waals surface area contributed by atoms with Crippen molar-refractivity contribution < 1.29 is 101 Å². The van der Waals surface area contributed by atoms with Crippen LogP contribution in [0.25, 0.3) is 0 Å². The molecule has 0 amide bonds. The van der Waals surface area contributed by atoms with Crippen LogP contribution in [0.3, 0.4) is 0 Å². The summed E-state index contributed by atoms with van der Waals surface area (Å²) in [6.45, 7) is 0.567. The molecule has 1 aliphatic rings. The standard InChI is InChI=1S/C90H112O22P4/c1-3-5-7-9-11-40-60-95-71-84(98-61-41-12-10-8-6-4-2)72-108-116(94,107-70-83-58-38-21-39-59-83)109-87-85(99-73-96-62-75-42-22-13-23-43-75)88(110-113(91,101-64-77-46-26-15-27-47-77)102-65-78-48-28-16-29-49-78)90(112-115(93,105-68-81-54-34-19-35-55-81)106-69-82-56-36-20-37-57-82)89(86(87)100-74-97-63-76-44-24-14-25-45-76)111-114(92,103-66-79-50-30-17-31-51-79)104-67-80-52-32-18-33-53-80/h13-39,42-59,84-90H,3-12,40-41,60-74H2,1-2H3/t84-,85-,86-,87?,88-,89+,90?,116?/m0/s1. The Morgan fingerprint density at radius 2 is 0.466 bits per heavy atom. The first-order valence-electron chi connectivity index (χ1n) is 40.1. The highest BCUT2D eigenvalue weighted by molar-refractivity contribution is 7.49. The average Bonchev–Trinajstić information content (AvgIpc) is 0.741. The summed E-state index contributed by atoms with van der Waals surface area (Å²) in [5.41, 5.74) is 5.29. The Morgan fingerprint density at radius 1 is 0.241 bits per heavy atom. The second-order valence-electron chi connectivity index (χ2n) is 27.9. The molecule has 0 N–H and O–H groups in total. The van der Waals surface area contributed by atoms with E-state index in [4.69, 9.17) is 82.7 Å². The van der Waals surface area contributed by atoms with Gasteiger partial charge in [-0.2, -0.15) is 0 Å². The van der Waals surface area contributed by atoms with Crippen LogP contribution in [0.15, 0.2) is 273 Å². The lowest BCUT2D eigenvalue weighted by Gasteiger charge is -2.49. The molecule has 3 unspecified atom stereocenters. The number of ether oxygens (including phenoxy) is 6. The molecular formula is C90H112O22P4. The molecule has 26 heteroatoms. The van der Waals surface area contributed by atoms with Crippen LogP contribution in [0.4, 0.5) is 0 Å². The van der Waals surface area contributed by atoms with Crippen molar-refractivity contribution in [3.63, 3.8) is 0 Å². The lowest BCUT2D eigenvalue weighted by atomic mass is 9.84. The second kappa shape index (κ2) is 51.6. The number of phosphoric ester groups is 4. The molecule has 0 aromatic heterocycles. The molecule has 0 heterocycles. The smallest absolute Gasteiger partial charge is 0.379 e. The molecule has 22 nitrogen and oxygen atoms in total. The molecule has 9 aromatic carbocycles. The Morgan fingerprint density at radius 3 is 0.741 bits per heavy atom. The van der Waals surface area contributed by atoms with E-state index in [9.17, 15) is 0 Å². The predicted molar refractivity (Wildman–Crippen MR) is 444 cm³/mol. The molecular weight excluding hydrogens is 1560 g/mol. The molecule has 9 aromatic rings. The fraction of sp³-hybridized carbons (Fsp3) is 0.400. The predicted octanol–water partition coefficient (Wildman–Crippen LogP) is 22.7. The molecule has 0 spiro atoms. The SMILES string of the molecule is CCCCCCCCOC[C@@H](COP(=O)(OCc1ccccc1)OC1[C@H](OCOCc2ccccc2)[C@H](OP(=O)(OCc2ccccc2)OCc2ccccc2)C(OP(=O)(OCc2ccccc2)OCc2ccccc2)[C@H](OP(=O)(OCc2ccccc2)OCc2ccccc2)[C@H]1OCOCc1ccccc1)OCCCCCCCC. The van der Waals surface area contributed by atoms with Crippen LogP contribution in [-0.4, -0.2) is 82.7 Å². The van der Waals surface area contributed by atoms with Crippen molar-refractivity contribution in [3.8, 4) is 0 Å². The van der Waals surface area contributed by atoms with E-state index in [1.807, 2.05) is 103 Å². The van der Waals surface area contributed by atoms with Crippen LogP contribution in [0.1, 0.15) is 141 Å². The fourth-order valence-electron chi connectivity index (χ4n) is 12.4. The number of hydrogen-bond donors (Lipinski definition) is 0. The van der Waals surface area contributed by atoms with Gasteiger partial charge in [0.25, 0.3) is 0 Å². The van der Waals surface area contributed by atoms with E-state index in [2.05, 4.69) is 13.8 Å². The molecule has 0 aliphatic heterocycles. The van der Waals surface area contributed by atoms with E-state index in [1.165, 1.54) is 0 Å². The normalized spacial score (nSPS) is 17.4. The monoisotopic (exact) mass is 1670 g/mol. The van der Waals surface area contributed by atoms with Crippen LogP contribution in [0, 0.1) is 0 Å². The molecule has 116 heavy (non-hydrogen) atoms. The third-order valence-electron chi connectivity index (χ3n) is 18.7. The minimum atomic E-state index is -5.29. The van der Waals surface area contributed by atoms with Crippen LogP contribution >= 0.6 is 31.3 Å². The zero-order chi connectivity index (χ0) is 80.9. The van der Waals surface area contributed by atoms with Crippen molar-refractivity contribution in [1.29, 1.82) is 0 Å². The van der Waals surface area contributed by atoms with Crippen LogP contribution in [-0.2, 0) is 160 Å². The van der Waals surface area contributed by atoms with Gasteiger partial charge < -0.3 is 28.4 Å². The van der Waals surface area contributed by atoms with E-state index < -0.39 is 134 Å². The number of hydrogen-bond acceptors (Lipinski definition) is 22. The topological polar surface area (TPSA) is 234 Å². The van der Waals surface area contributed by atoms with Gasteiger partial charge in [0, 0.05) is 13.2 Å². The Bertz CT molecular complexity index is 3970. The summed E-state index contributed by atoms with van der Waals surface area (Å²) in [5.74, 6) is 0. The summed E-state index contributed by atoms with van der Waals surface area (Å²) in [6.07, 6.45) is -1.25. The Labute approximate surface area is 684 Å². The van der Waals surface area contributed by atoms with E-state index in [0.29, 0.717) is 52.2 Å². The maximum absolute atomic E-state index is 17.1. The van der Waals surface area contributed by atoms with Gasteiger partial charge >= 0.3 is 31.3 Å². The summed E-state index contributed by atoms with van der Waals surface area (Å²) in [5, 5.41) is 0. The Balaban J connectivity index is 1.19. The lowest BCUT2D eigenvalue weighted by molar-refractivity contribution is -0.264. The maximum Gasteiger partial charge on any atom is 0.475 e. The molecule has 1 saturated carbocycles. The van der Waals surface area contributed by atoms with Gasteiger partial charge in [0.15, 0.2) is 0 Å². The average molecular weight is 1670 g/mol. The highest BCUT2D eigenvalue weighted by atomic mass is 31.2. The van der Waals surface area contributed by atoms with Crippen molar-refractivity contribution in [2.24, 2.45) is 0 Å². The first kappa shape index (κ1) is 91.5. The minimum Gasteiger partial charge on any atom is -0.379 e. The van der Waals surface area contributed by atoms with Crippen LogP contribution in [0.5, 0.6) is 0 Å². The quantitative estimate of drug-likeness (QED) is 0.0196. The van der Waals surface area contributed by atoms with Gasteiger partial charge in [-0.15, -0.1) is 0 Å². The Hall–Kier alpha value is -6.82. The van der Waals surface area contributed by atoms with Crippen LogP contribution in [0.2, 0.25) is 0 Å². The summed E-state index contributed by atoms with van der Waals surface area (Å²) in [7, 11) is -21.1. The molecule has 0 saturated heterocycles. The van der Waals surface area contributed by atoms with E-state index >= 15 is 18.3 Å². The van der Waals surface area contributed by atoms with Crippen molar-refractivity contribution in [3.05, 3.63) is 323 Å².